The average Bonchev–Trinajstić information content (AvgIpc) is 2.49. The standard InChI is InChI=1S/C17H16O4/c1-12-3-7-15(8-4-12)21-16(17(18)19)11-13-5-9-14(20-2)10-6-13/h3-11H,1-2H3,(H,18,19). The van der Waals surface area contributed by atoms with Crippen LogP contribution < -0.4 is 9.47 Å². The number of aliphatic carboxylic acids is 1. The molecule has 0 saturated carbocycles. The lowest BCUT2D eigenvalue weighted by molar-refractivity contribution is -0.134. The topological polar surface area (TPSA) is 55.8 Å². The van der Waals surface area contributed by atoms with Crippen molar-refractivity contribution in [3.63, 3.8) is 0 Å². The fourth-order valence-electron chi connectivity index (χ4n) is 1.72. The van der Waals surface area contributed by atoms with E-state index >= 15 is 0 Å². The summed E-state index contributed by atoms with van der Waals surface area (Å²) in [6, 6.07) is 14.2. The second-order valence-corrected chi connectivity index (χ2v) is 4.50. The van der Waals surface area contributed by atoms with Crippen molar-refractivity contribution in [1.29, 1.82) is 0 Å². The van der Waals surface area contributed by atoms with Gasteiger partial charge in [-0.1, -0.05) is 29.8 Å². The lowest BCUT2D eigenvalue weighted by Crippen LogP contribution is -2.07. The highest BCUT2D eigenvalue weighted by Crippen LogP contribution is 2.18. The fourth-order valence-corrected chi connectivity index (χ4v) is 1.72. The Bertz CT molecular complexity index is 639. The van der Waals surface area contributed by atoms with E-state index < -0.39 is 5.97 Å². The molecule has 0 fully saturated rings. The summed E-state index contributed by atoms with van der Waals surface area (Å²) in [7, 11) is 1.58. The number of benzene rings is 2. The first-order valence-electron chi connectivity index (χ1n) is 6.42. The number of hydrogen-bond acceptors (Lipinski definition) is 3. The average molecular weight is 284 g/mol. The zero-order chi connectivity index (χ0) is 15.2. The summed E-state index contributed by atoms with van der Waals surface area (Å²) in [5.41, 5.74) is 1.80. The van der Waals surface area contributed by atoms with Gasteiger partial charge in [-0.05, 0) is 42.8 Å². The number of hydrogen-bond donors (Lipinski definition) is 1. The summed E-state index contributed by atoms with van der Waals surface area (Å²) in [5, 5.41) is 9.23. The molecule has 4 heteroatoms. The van der Waals surface area contributed by atoms with Gasteiger partial charge in [0, 0.05) is 0 Å². The van der Waals surface area contributed by atoms with E-state index in [9.17, 15) is 9.90 Å². The number of ether oxygens (including phenoxy) is 2. The molecule has 2 aromatic carbocycles. The van der Waals surface area contributed by atoms with E-state index in [0.717, 1.165) is 11.1 Å². The maximum atomic E-state index is 11.3. The SMILES string of the molecule is COc1ccc(C=C(Oc2ccc(C)cc2)C(=O)O)cc1. The van der Waals surface area contributed by atoms with Crippen LogP contribution in [-0.2, 0) is 4.79 Å². The van der Waals surface area contributed by atoms with E-state index in [4.69, 9.17) is 9.47 Å². The van der Waals surface area contributed by atoms with Crippen molar-refractivity contribution in [1.82, 2.24) is 0 Å². The zero-order valence-electron chi connectivity index (χ0n) is 11.9. The first kappa shape index (κ1) is 14.7. The van der Waals surface area contributed by atoms with E-state index in [1.54, 1.807) is 43.5 Å². The molecule has 21 heavy (non-hydrogen) atoms. The van der Waals surface area contributed by atoms with Gasteiger partial charge in [0.2, 0.25) is 5.76 Å². The molecular weight excluding hydrogens is 268 g/mol. The van der Waals surface area contributed by atoms with Crippen molar-refractivity contribution in [3.8, 4) is 11.5 Å². The third-order valence-corrected chi connectivity index (χ3v) is 2.87. The van der Waals surface area contributed by atoms with Crippen LogP contribution in [0, 0.1) is 6.92 Å². The first-order valence-corrected chi connectivity index (χ1v) is 6.42. The number of carboxylic acid groups (broad SMARTS) is 1. The Morgan fingerprint density at radius 3 is 2.10 bits per heavy atom. The van der Waals surface area contributed by atoms with E-state index in [2.05, 4.69) is 0 Å². The third kappa shape index (κ3) is 4.11. The fraction of sp³-hybridized carbons (Fsp3) is 0.118. The minimum Gasteiger partial charge on any atom is -0.497 e. The summed E-state index contributed by atoms with van der Waals surface area (Å²) < 4.78 is 10.5. The van der Waals surface area contributed by atoms with Crippen LogP contribution in [0.15, 0.2) is 54.3 Å². The Hall–Kier alpha value is -2.75. The molecule has 0 aliphatic carbocycles. The predicted molar refractivity (Wildman–Crippen MR) is 80.4 cm³/mol. The third-order valence-electron chi connectivity index (χ3n) is 2.87. The second-order valence-electron chi connectivity index (χ2n) is 4.50. The lowest BCUT2D eigenvalue weighted by atomic mass is 10.2. The van der Waals surface area contributed by atoms with Crippen LogP contribution in [0.1, 0.15) is 11.1 Å². The molecule has 108 valence electrons. The summed E-state index contributed by atoms with van der Waals surface area (Å²) in [6.07, 6.45) is 1.47. The van der Waals surface area contributed by atoms with Crippen LogP contribution in [0.5, 0.6) is 11.5 Å². The van der Waals surface area contributed by atoms with Crippen molar-refractivity contribution in [3.05, 3.63) is 65.4 Å². The molecule has 0 saturated heterocycles. The molecule has 1 N–H and O–H groups in total. The highest BCUT2D eigenvalue weighted by molar-refractivity contribution is 5.90. The van der Waals surface area contributed by atoms with Gasteiger partial charge in [-0.15, -0.1) is 0 Å². The van der Waals surface area contributed by atoms with Gasteiger partial charge >= 0.3 is 5.97 Å². The molecule has 0 heterocycles. The van der Waals surface area contributed by atoms with Crippen LogP contribution in [0.4, 0.5) is 0 Å². The van der Waals surface area contributed by atoms with Crippen LogP contribution in [0.3, 0.4) is 0 Å². The van der Waals surface area contributed by atoms with Gasteiger partial charge in [0.15, 0.2) is 0 Å². The molecule has 0 amide bonds. The Balaban J connectivity index is 2.23. The monoisotopic (exact) mass is 284 g/mol. The quantitative estimate of drug-likeness (QED) is 0.674. The first-order chi connectivity index (χ1) is 10.1. The van der Waals surface area contributed by atoms with Gasteiger partial charge in [-0.3, -0.25) is 0 Å². The molecule has 0 aliphatic heterocycles. The van der Waals surface area contributed by atoms with Gasteiger partial charge in [0.25, 0.3) is 0 Å². The predicted octanol–water partition coefficient (Wildman–Crippen LogP) is 3.51. The smallest absolute Gasteiger partial charge is 0.371 e. The van der Waals surface area contributed by atoms with E-state index in [0.29, 0.717) is 11.5 Å². The number of carboxylic acids is 1. The Morgan fingerprint density at radius 2 is 1.57 bits per heavy atom. The second kappa shape index (κ2) is 6.61. The molecule has 4 nitrogen and oxygen atoms in total. The maximum absolute atomic E-state index is 11.3. The molecule has 0 radical (unpaired) electrons. The molecular formula is C17H16O4. The van der Waals surface area contributed by atoms with E-state index in [1.807, 2.05) is 19.1 Å². The van der Waals surface area contributed by atoms with E-state index in [-0.39, 0.29) is 5.76 Å². The van der Waals surface area contributed by atoms with Gasteiger partial charge in [-0.2, -0.15) is 0 Å². The van der Waals surface area contributed by atoms with Crippen molar-refractivity contribution in [2.24, 2.45) is 0 Å². The number of rotatable bonds is 5. The highest BCUT2D eigenvalue weighted by Gasteiger charge is 2.10. The Kier molecular flexibility index (Phi) is 4.61. The van der Waals surface area contributed by atoms with Crippen LogP contribution in [0.25, 0.3) is 6.08 Å². The highest BCUT2D eigenvalue weighted by atomic mass is 16.5. The van der Waals surface area contributed by atoms with Crippen molar-refractivity contribution in [2.75, 3.05) is 7.11 Å². The van der Waals surface area contributed by atoms with Gasteiger partial charge in [0.05, 0.1) is 7.11 Å². The normalized spacial score (nSPS) is 11.0. The zero-order valence-corrected chi connectivity index (χ0v) is 11.9. The summed E-state index contributed by atoms with van der Waals surface area (Å²) in [6.45, 7) is 1.95. The number of methoxy groups -OCH3 is 1. The maximum Gasteiger partial charge on any atom is 0.371 e. The van der Waals surface area contributed by atoms with E-state index in [1.165, 1.54) is 6.08 Å². The molecule has 0 spiro atoms. The number of aryl methyl sites for hydroxylation is 1. The number of carbonyl (C=O) groups is 1. The summed E-state index contributed by atoms with van der Waals surface area (Å²) in [5.74, 6) is -0.0540. The van der Waals surface area contributed by atoms with Crippen molar-refractivity contribution < 1.29 is 19.4 Å². The van der Waals surface area contributed by atoms with Gasteiger partial charge in [0.1, 0.15) is 11.5 Å². The molecule has 0 aromatic heterocycles. The molecule has 0 atom stereocenters. The minimum atomic E-state index is -1.12. The molecule has 2 aromatic rings. The molecule has 0 aliphatic rings. The summed E-state index contributed by atoms with van der Waals surface area (Å²) in [4.78, 5) is 11.3. The Morgan fingerprint density at radius 1 is 1.00 bits per heavy atom. The van der Waals surface area contributed by atoms with Gasteiger partial charge < -0.3 is 14.6 Å². The molecule has 2 rings (SSSR count). The van der Waals surface area contributed by atoms with Crippen LogP contribution in [-0.4, -0.2) is 18.2 Å². The van der Waals surface area contributed by atoms with Crippen LogP contribution in [0.2, 0.25) is 0 Å². The summed E-state index contributed by atoms with van der Waals surface area (Å²) >= 11 is 0. The largest absolute Gasteiger partial charge is 0.497 e. The van der Waals surface area contributed by atoms with Crippen molar-refractivity contribution >= 4 is 12.0 Å². The Labute approximate surface area is 123 Å². The van der Waals surface area contributed by atoms with Crippen molar-refractivity contribution in [2.45, 2.75) is 6.92 Å². The van der Waals surface area contributed by atoms with Gasteiger partial charge in [-0.25, -0.2) is 4.79 Å². The minimum absolute atomic E-state index is 0.135. The van der Waals surface area contributed by atoms with Crippen LogP contribution >= 0.6 is 0 Å². The molecule has 0 unspecified atom stereocenters. The lowest BCUT2D eigenvalue weighted by Gasteiger charge is -2.07. The molecule has 0 bridgehead atoms.